The maximum absolute atomic E-state index is 12.7. The van der Waals surface area contributed by atoms with Gasteiger partial charge in [-0.05, 0) is 12.1 Å². The lowest BCUT2D eigenvalue weighted by Crippen LogP contribution is -2.06. The van der Waals surface area contributed by atoms with Crippen LogP contribution >= 0.6 is 7.60 Å². The summed E-state index contributed by atoms with van der Waals surface area (Å²) in [6.07, 6.45) is 0. The molecule has 0 radical (unpaired) electrons. The largest absolute Gasteiger partial charge is 0.356 e. The number of benzene rings is 1. The van der Waals surface area contributed by atoms with Gasteiger partial charge in [0.2, 0.25) is 5.82 Å². The molecule has 0 aliphatic rings. The molecule has 0 atom stereocenters. The second kappa shape index (κ2) is 3.45. The Hall–Kier alpha value is -1.30. The van der Waals surface area contributed by atoms with Gasteiger partial charge in [-0.2, -0.15) is 4.39 Å². The average Bonchev–Trinajstić information content (AvgIpc) is 2.02. The first kappa shape index (κ1) is 10.8. The van der Waals surface area contributed by atoms with Crippen molar-refractivity contribution < 1.29 is 23.7 Å². The van der Waals surface area contributed by atoms with Crippen molar-refractivity contribution in [1.82, 2.24) is 0 Å². The monoisotopic (exact) mass is 221 g/mol. The first-order valence-corrected chi connectivity index (χ1v) is 4.93. The molecule has 6 nitrogen and oxygen atoms in total. The van der Waals surface area contributed by atoms with Crippen molar-refractivity contribution in [3.63, 3.8) is 0 Å². The molecule has 1 aromatic carbocycles. The minimum atomic E-state index is -4.58. The second-order valence-corrected chi connectivity index (χ2v) is 4.04. The summed E-state index contributed by atoms with van der Waals surface area (Å²) < 4.78 is 23.4. The second-order valence-electron chi connectivity index (χ2n) is 2.44. The number of rotatable bonds is 2. The van der Waals surface area contributed by atoms with Crippen molar-refractivity contribution in [2.45, 2.75) is 0 Å². The molecule has 1 aromatic rings. The third-order valence-electron chi connectivity index (χ3n) is 1.46. The Balaban J connectivity index is 3.34. The summed E-state index contributed by atoms with van der Waals surface area (Å²) in [5.41, 5.74) is -0.953. The summed E-state index contributed by atoms with van der Waals surface area (Å²) in [4.78, 5) is 26.5. The molecule has 0 aromatic heterocycles. The zero-order valence-corrected chi connectivity index (χ0v) is 7.52. The standard InChI is InChI=1S/C6H5FNO5P/c7-5-2-1-4(14(11,12)13)3-6(5)8(9)10/h1-3H,(H2,11,12,13). The van der Waals surface area contributed by atoms with Crippen LogP contribution in [0.15, 0.2) is 18.2 Å². The van der Waals surface area contributed by atoms with Crippen molar-refractivity contribution in [3.05, 3.63) is 34.1 Å². The molecule has 2 N–H and O–H groups in total. The maximum Gasteiger partial charge on any atom is 0.356 e. The van der Waals surface area contributed by atoms with Crippen molar-refractivity contribution in [2.75, 3.05) is 0 Å². The lowest BCUT2D eigenvalue weighted by atomic mass is 10.3. The summed E-state index contributed by atoms with van der Waals surface area (Å²) >= 11 is 0. The molecule has 0 bridgehead atoms. The van der Waals surface area contributed by atoms with Gasteiger partial charge in [0.25, 0.3) is 0 Å². The minimum absolute atomic E-state index is 0.524. The Bertz CT molecular complexity index is 428. The summed E-state index contributed by atoms with van der Waals surface area (Å²) in [6.45, 7) is 0. The minimum Gasteiger partial charge on any atom is -0.321 e. The van der Waals surface area contributed by atoms with Gasteiger partial charge >= 0.3 is 13.3 Å². The Morgan fingerprint density at radius 1 is 1.43 bits per heavy atom. The Morgan fingerprint density at radius 3 is 2.43 bits per heavy atom. The van der Waals surface area contributed by atoms with Gasteiger partial charge < -0.3 is 9.79 Å². The summed E-state index contributed by atoms with van der Waals surface area (Å²) in [6, 6.07) is 1.98. The van der Waals surface area contributed by atoms with Crippen LogP contribution in [0.25, 0.3) is 0 Å². The highest BCUT2D eigenvalue weighted by molar-refractivity contribution is 7.60. The zero-order valence-electron chi connectivity index (χ0n) is 6.62. The quantitative estimate of drug-likeness (QED) is 0.431. The number of nitro benzene ring substituents is 1. The lowest BCUT2D eigenvalue weighted by molar-refractivity contribution is -0.387. The van der Waals surface area contributed by atoms with Crippen LogP contribution in [0.4, 0.5) is 10.1 Å². The third-order valence-corrected chi connectivity index (χ3v) is 2.41. The zero-order chi connectivity index (χ0) is 10.9. The number of hydrogen-bond acceptors (Lipinski definition) is 3. The molecular formula is C6H5FNO5P. The molecule has 0 saturated heterocycles. The van der Waals surface area contributed by atoms with Gasteiger partial charge in [-0.25, -0.2) is 0 Å². The third kappa shape index (κ3) is 2.14. The van der Waals surface area contributed by atoms with Crippen molar-refractivity contribution in [1.29, 1.82) is 0 Å². The summed E-state index contributed by atoms with van der Waals surface area (Å²) in [5, 5.41) is 9.64. The van der Waals surface area contributed by atoms with Crippen LogP contribution in [-0.4, -0.2) is 14.7 Å². The first-order chi connectivity index (χ1) is 6.32. The Morgan fingerprint density at radius 2 is 2.00 bits per heavy atom. The molecule has 0 aliphatic heterocycles. The van der Waals surface area contributed by atoms with E-state index >= 15 is 0 Å². The predicted molar refractivity (Wildman–Crippen MR) is 44.7 cm³/mol. The van der Waals surface area contributed by atoms with Gasteiger partial charge in [-0.1, -0.05) is 0 Å². The van der Waals surface area contributed by atoms with E-state index in [2.05, 4.69) is 0 Å². The van der Waals surface area contributed by atoms with E-state index in [9.17, 15) is 19.1 Å². The molecule has 0 spiro atoms. The highest BCUT2D eigenvalue weighted by atomic mass is 31.2. The van der Waals surface area contributed by atoms with Crippen LogP contribution < -0.4 is 5.30 Å². The molecule has 0 heterocycles. The van der Waals surface area contributed by atoms with Gasteiger partial charge in [0.05, 0.1) is 10.2 Å². The van der Waals surface area contributed by atoms with E-state index in [4.69, 9.17) is 9.79 Å². The molecule has 0 fully saturated rings. The molecule has 1 rings (SSSR count). The van der Waals surface area contributed by atoms with Gasteiger partial charge in [0, 0.05) is 6.07 Å². The summed E-state index contributed by atoms with van der Waals surface area (Å²) in [5.74, 6) is -1.13. The van der Waals surface area contributed by atoms with E-state index in [0.29, 0.717) is 12.1 Å². The van der Waals surface area contributed by atoms with Gasteiger partial charge in [0.15, 0.2) is 0 Å². The van der Waals surface area contributed by atoms with Crippen LogP contribution in [0.3, 0.4) is 0 Å². The fourth-order valence-electron chi connectivity index (χ4n) is 0.822. The van der Waals surface area contributed by atoms with Crippen LogP contribution in [0.2, 0.25) is 0 Å². The highest BCUT2D eigenvalue weighted by Crippen LogP contribution is 2.34. The van der Waals surface area contributed by atoms with Crippen molar-refractivity contribution in [2.24, 2.45) is 0 Å². The number of nitrogens with zero attached hydrogens (tertiary/aromatic N) is 1. The maximum atomic E-state index is 12.7. The molecule has 0 aliphatic carbocycles. The molecule has 0 unspecified atom stereocenters. The van der Waals surface area contributed by atoms with Gasteiger partial charge in [-0.15, -0.1) is 0 Å². The Kier molecular flexibility index (Phi) is 2.66. The topological polar surface area (TPSA) is 101 Å². The van der Waals surface area contributed by atoms with Crippen molar-refractivity contribution in [3.8, 4) is 0 Å². The number of nitro groups is 1. The van der Waals surface area contributed by atoms with Crippen LogP contribution in [0.1, 0.15) is 0 Å². The Labute approximate surface area is 77.3 Å². The molecule has 14 heavy (non-hydrogen) atoms. The number of halogens is 1. The van der Waals surface area contributed by atoms with E-state index in [1.54, 1.807) is 0 Å². The molecule has 0 amide bonds. The fraction of sp³-hybridized carbons (Fsp3) is 0. The fourth-order valence-corrected chi connectivity index (χ4v) is 1.38. The molecular weight excluding hydrogens is 216 g/mol. The van der Waals surface area contributed by atoms with Gasteiger partial charge in [-0.3, -0.25) is 14.7 Å². The van der Waals surface area contributed by atoms with E-state index in [1.807, 2.05) is 0 Å². The number of hydrogen-bond donors (Lipinski definition) is 2. The van der Waals surface area contributed by atoms with E-state index in [-0.39, 0.29) is 0 Å². The van der Waals surface area contributed by atoms with Crippen LogP contribution in [-0.2, 0) is 4.57 Å². The molecule has 0 saturated carbocycles. The van der Waals surface area contributed by atoms with Gasteiger partial charge in [0.1, 0.15) is 0 Å². The van der Waals surface area contributed by atoms with E-state index < -0.39 is 29.3 Å². The highest BCUT2D eigenvalue weighted by Gasteiger charge is 2.23. The SMILES string of the molecule is O=[N+]([O-])c1cc(P(=O)(O)O)ccc1F. The van der Waals surface area contributed by atoms with Crippen LogP contribution in [0, 0.1) is 15.9 Å². The van der Waals surface area contributed by atoms with Crippen molar-refractivity contribution >= 4 is 18.6 Å². The molecule has 76 valence electrons. The lowest BCUT2D eigenvalue weighted by Gasteiger charge is -2.02. The summed E-state index contributed by atoms with van der Waals surface area (Å²) in [7, 11) is -4.58. The van der Waals surface area contributed by atoms with E-state index in [1.165, 1.54) is 0 Å². The first-order valence-electron chi connectivity index (χ1n) is 3.32. The molecule has 8 heteroatoms. The normalized spacial score (nSPS) is 11.4. The smallest absolute Gasteiger partial charge is 0.321 e. The predicted octanol–water partition coefficient (Wildman–Crippen LogP) is 0.537. The van der Waals surface area contributed by atoms with E-state index in [0.717, 1.165) is 6.07 Å². The average molecular weight is 221 g/mol. The van der Waals surface area contributed by atoms with Crippen LogP contribution in [0.5, 0.6) is 0 Å².